The molecule has 0 atom stereocenters. The van der Waals surface area contributed by atoms with Crippen molar-refractivity contribution in [1.82, 2.24) is 0 Å². The topological polar surface area (TPSA) is 197 Å². The van der Waals surface area contributed by atoms with Gasteiger partial charge in [-0.2, -0.15) is 14.0 Å². The quantitative estimate of drug-likeness (QED) is 0.162. The van der Waals surface area contributed by atoms with Crippen LogP contribution in [0.1, 0.15) is 0 Å². The normalized spacial score (nSPS) is 9.33. The van der Waals surface area contributed by atoms with E-state index in [9.17, 15) is 10.1 Å². The maximum Gasteiger partial charge on any atom is 0.263 e. The molecule has 0 heterocycles. The van der Waals surface area contributed by atoms with E-state index in [1.54, 1.807) is 0 Å². The number of nitro groups is 1. The van der Waals surface area contributed by atoms with Crippen LogP contribution in [-0.4, -0.2) is 15.7 Å². The molecule has 0 aromatic heterocycles. The lowest BCUT2D eigenvalue weighted by Crippen LogP contribution is -2.58. The van der Waals surface area contributed by atoms with Gasteiger partial charge in [-0.1, -0.05) is 0 Å². The molecule has 0 saturated carbocycles. The summed E-state index contributed by atoms with van der Waals surface area (Å²) in [6, 6.07) is 0. The summed E-state index contributed by atoms with van der Waals surface area (Å²) in [6.45, 7) is 0. The molecule has 0 spiro atoms. The summed E-state index contributed by atoms with van der Waals surface area (Å²) >= 11 is 0. The molecule has 0 aromatic rings. The third-order valence-electron chi connectivity index (χ3n) is 0.197. The first-order valence-electron chi connectivity index (χ1n) is 2.00. The lowest BCUT2D eigenvalue weighted by Gasteiger charge is -2.03. The van der Waals surface area contributed by atoms with Crippen molar-refractivity contribution in [3.05, 3.63) is 10.1 Å². The number of nitrogens with zero attached hydrogens (tertiary/aromatic N) is 2. The molecule has 0 aromatic carbocycles. The molecule has 72 valence electrons. The summed E-state index contributed by atoms with van der Waals surface area (Å²) in [5, 5.41) is 10.8. The van der Waals surface area contributed by atoms with Gasteiger partial charge in [0.1, 0.15) is 0 Å². The van der Waals surface area contributed by atoms with Crippen molar-refractivity contribution in [3.63, 3.8) is 0 Å². The van der Waals surface area contributed by atoms with Crippen molar-refractivity contribution in [2.24, 2.45) is 16.6 Å². The summed E-state index contributed by atoms with van der Waals surface area (Å²) in [5.74, 6) is -0.537. The first-order chi connectivity index (χ1) is 5.13. The van der Waals surface area contributed by atoms with Gasteiger partial charge in [0.2, 0.25) is 0 Å². The third-order valence-corrected chi connectivity index (χ3v) is 0.197. The van der Waals surface area contributed by atoms with E-state index in [4.69, 9.17) is 18.6 Å². The van der Waals surface area contributed by atoms with Gasteiger partial charge >= 0.3 is 0 Å². The van der Waals surface area contributed by atoms with Crippen molar-refractivity contribution >= 4 is 5.96 Å². The number of rotatable bonds is 1. The van der Waals surface area contributed by atoms with Crippen LogP contribution in [0, 0.1) is 20.4 Å². The number of hydrogen-bond donors (Lipinski definition) is 3. The molecule has 0 saturated heterocycles. The molecule has 0 bridgehead atoms. The van der Waals surface area contributed by atoms with Gasteiger partial charge in [-0.3, -0.25) is 0 Å². The average molecular weight is 205 g/mol. The standard InChI is InChI=1S/CH4N4O2.ClHO4/c2-1(3)4-5(6)7;2-1(3,4)5/h(H4,2,3,4);(H,2,3,4,5). The second-order valence-corrected chi connectivity index (χ2v) is 1.95. The van der Waals surface area contributed by atoms with Gasteiger partial charge < -0.3 is 11.5 Å². The lowest BCUT2D eigenvalue weighted by molar-refractivity contribution is -1.92. The SMILES string of the molecule is NC(N)=N[N+](=O)[O-].[O-][Cl+3]([O-])([O-])O. The highest BCUT2D eigenvalue weighted by molar-refractivity contribution is 5.74. The summed E-state index contributed by atoms with van der Waals surface area (Å²) in [7, 11) is -4.69. The van der Waals surface area contributed by atoms with Crippen molar-refractivity contribution in [3.8, 4) is 0 Å². The van der Waals surface area contributed by atoms with Crippen molar-refractivity contribution in [2.45, 2.75) is 0 Å². The van der Waals surface area contributed by atoms with Crippen LogP contribution >= 0.6 is 0 Å². The molecule has 0 fully saturated rings. The molecule has 10 nitrogen and oxygen atoms in total. The molecule has 0 radical (unpaired) electrons. The number of guanidine groups is 1. The molecular formula is CH5ClN4O6. The Kier molecular flexibility index (Phi) is 6.08. The first kappa shape index (κ1) is 13.4. The molecule has 0 aliphatic heterocycles. The van der Waals surface area contributed by atoms with Gasteiger partial charge in [0.05, 0.1) is 20.0 Å². The van der Waals surface area contributed by atoms with Crippen LogP contribution in [0.15, 0.2) is 5.10 Å². The van der Waals surface area contributed by atoms with E-state index in [0.717, 1.165) is 0 Å². The zero-order valence-electron chi connectivity index (χ0n) is 5.42. The second kappa shape index (κ2) is 5.45. The van der Waals surface area contributed by atoms with Crippen molar-refractivity contribution in [2.75, 3.05) is 0 Å². The summed E-state index contributed by atoms with van der Waals surface area (Å²) in [4.78, 5) is 9.27. The lowest BCUT2D eigenvalue weighted by atomic mass is 11.1. The first-order valence-corrected chi connectivity index (χ1v) is 3.26. The summed E-state index contributed by atoms with van der Waals surface area (Å²) < 4.78 is 32.7. The molecule has 11 heteroatoms. The Morgan fingerprint density at radius 1 is 1.42 bits per heavy atom. The zero-order valence-corrected chi connectivity index (χ0v) is 6.17. The zero-order chi connectivity index (χ0) is 10.4. The molecule has 0 rings (SSSR count). The fourth-order valence-electron chi connectivity index (χ4n) is 0.0943. The van der Waals surface area contributed by atoms with E-state index in [0.29, 0.717) is 0 Å². The molecule has 12 heavy (non-hydrogen) atoms. The molecule has 0 aliphatic carbocycles. The van der Waals surface area contributed by atoms with Crippen LogP contribution in [0.3, 0.4) is 0 Å². The van der Waals surface area contributed by atoms with Gasteiger partial charge in [0.25, 0.3) is 5.96 Å². The maximum absolute atomic E-state index is 9.27. The largest absolute Gasteiger partial charge is 0.365 e. The number of hydrazone groups is 1. The highest BCUT2D eigenvalue weighted by atomic mass is 35.7. The number of nitrogens with two attached hydrogens (primary N) is 2. The second-order valence-electron chi connectivity index (χ2n) is 1.16. The van der Waals surface area contributed by atoms with Crippen LogP contribution in [0.5, 0.6) is 0 Å². The van der Waals surface area contributed by atoms with Crippen molar-refractivity contribution in [1.29, 1.82) is 0 Å². The third kappa shape index (κ3) is 68.3. The van der Waals surface area contributed by atoms with Gasteiger partial charge in [-0.05, 0) is 0 Å². The minimum Gasteiger partial charge on any atom is -0.365 e. The molecular weight excluding hydrogens is 199 g/mol. The van der Waals surface area contributed by atoms with E-state index in [-0.39, 0.29) is 0 Å². The van der Waals surface area contributed by atoms with Crippen molar-refractivity contribution < 1.29 is 33.9 Å². The van der Waals surface area contributed by atoms with Crippen LogP contribution < -0.4 is 25.4 Å². The Morgan fingerprint density at radius 3 is 1.67 bits per heavy atom. The Labute approximate surface area is 67.6 Å². The van der Waals surface area contributed by atoms with Gasteiger partial charge in [0, 0.05) is 0 Å². The predicted molar refractivity (Wildman–Crippen MR) is 25.0 cm³/mol. The molecule has 5 N–H and O–H groups in total. The highest BCUT2D eigenvalue weighted by Gasteiger charge is 1.98. The predicted octanol–water partition coefficient (Wildman–Crippen LogP) is -5.67. The summed E-state index contributed by atoms with van der Waals surface area (Å²) in [5.41, 5.74) is 9.16. The van der Waals surface area contributed by atoms with Crippen LogP contribution in [0.2, 0.25) is 0 Å². The van der Waals surface area contributed by atoms with Gasteiger partial charge in [0.15, 0.2) is 5.03 Å². The molecule has 0 amide bonds. The van der Waals surface area contributed by atoms with E-state index in [1.807, 2.05) is 0 Å². The fourth-order valence-corrected chi connectivity index (χ4v) is 0.0943. The smallest absolute Gasteiger partial charge is 0.263 e. The van der Waals surface area contributed by atoms with Crippen LogP contribution in [-0.2, 0) is 0 Å². The Hall–Kier alpha value is -1.20. The Balaban J connectivity index is 0. The van der Waals surface area contributed by atoms with E-state index in [2.05, 4.69) is 16.6 Å². The fraction of sp³-hybridized carbons (Fsp3) is 0. The Morgan fingerprint density at radius 2 is 1.67 bits per heavy atom. The molecule has 0 aliphatic rings. The monoisotopic (exact) mass is 204 g/mol. The minimum absolute atomic E-state index is 0.537. The Bertz CT molecular complexity index is 163. The van der Waals surface area contributed by atoms with E-state index < -0.39 is 21.2 Å². The van der Waals surface area contributed by atoms with E-state index in [1.165, 1.54) is 0 Å². The van der Waals surface area contributed by atoms with E-state index >= 15 is 0 Å². The van der Waals surface area contributed by atoms with Gasteiger partial charge in [-0.25, -0.2) is 10.1 Å². The van der Waals surface area contributed by atoms with Gasteiger partial charge in [-0.15, -0.1) is 0 Å². The number of hydrogen-bond acceptors (Lipinski definition) is 6. The average Bonchev–Trinajstić information content (AvgIpc) is 1.52. The number of halogens is 1. The maximum atomic E-state index is 9.27. The summed E-state index contributed by atoms with van der Waals surface area (Å²) in [6.07, 6.45) is 0. The highest BCUT2D eigenvalue weighted by Crippen LogP contribution is 1.62. The van der Waals surface area contributed by atoms with Crippen LogP contribution in [0.25, 0.3) is 0 Å². The minimum atomic E-state index is -4.69. The molecule has 0 unspecified atom stereocenters. The van der Waals surface area contributed by atoms with Crippen LogP contribution in [0.4, 0.5) is 0 Å².